The summed E-state index contributed by atoms with van der Waals surface area (Å²) < 4.78 is 15.9. The molecule has 114 valence electrons. The average Bonchev–Trinajstić information content (AvgIpc) is 2.40. The third-order valence-electron chi connectivity index (χ3n) is 2.36. The molecule has 1 aliphatic rings. The molecule has 0 aromatic rings. The van der Waals surface area contributed by atoms with E-state index in [0.29, 0.717) is 51.1 Å². The van der Waals surface area contributed by atoms with E-state index >= 15 is 0 Å². The third-order valence-corrected chi connectivity index (χ3v) is 4.84. The first kappa shape index (κ1) is 17.6. The minimum absolute atomic E-state index is 0.360. The van der Waals surface area contributed by atoms with Gasteiger partial charge in [-0.2, -0.15) is 23.5 Å². The Morgan fingerprint density at radius 3 is 1.58 bits per heavy atom. The van der Waals surface area contributed by atoms with Crippen LogP contribution in [-0.2, 0) is 14.2 Å². The van der Waals surface area contributed by atoms with Crippen molar-refractivity contribution in [1.82, 2.24) is 0 Å². The minimum Gasteiger partial charge on any atom is -0.390 e. The van der Waals surface area contributed by atoms with Gasteiger partial charge in [0.1, 0.15) is 0 Å². The molecule has 1 saturated heterocycles. The Kier molecular flexibility index (Phi) is 11.3. The number of ether oxygens (including phenoxy) is 3. The monoisotopic (exact) mass is 312 g/mol. The third kappa shape index (κ3) is 10.9. The Hall–Kier alpha value is 0.500. The van der Waals surface area contributed by atoms with Crippen molar-refractivity contribution in [2.75, 3.05) is 62.7 Å². The van der Waals surface area contributed by atoms with Crippen LogP contribution in [0.3, 0.4) is 0 Å². The van der Waals surface area contributed by atoms with E-state index in [2.05, 4.69) is 0 Å². The SMILES string of the molecule is OC1COCCOCCOCC(O)CSCCSC1. The van der Waals surface area contributed by atoms with E-state index in [4.69, 9.17) is 14.2 Å². The van der Waals surface area contributed by atoms with E-state index in [1.807, 2.05) is 0 Å². The number of aliphatic hydroxyl groups excluding tert-OH is 2. The molecule has 19 heavy (non-hydrogen) atoms. The van der Waals surface area contributed by atoms with Crippen molar-refractivity contribution in [2.45, 2.75) is 12.2 Å². The fraction of sp³-hybridized carbons (Fsp3) is 1.00. The van der Waals surface area contributed by atoms with Gasteiger partial charge in [0.05, 0.1) is 51.8 Å². The Bertz CT molecular complexity index is 189. The fourth-order valence-electron chi connectivity index (χ4n) is 1.43. The number of thioether (sulfide) groups is 2. The average molecular weight is 312 g/mol. The lowest BCUT2D eigenvalue weighted by Crippen LogP contribution is -2.20. The molecule has 2 unspecified atom stereocenters. The maximum absolute atomic E-state index is 9.65. The van der Waals surface area contributed by atoms with E-state index in [9.17, 15) is 10.2 Å². The van der Waals surface area contributed by atoms with Crippen LogP contribution in [0.1, 0.15) is 0 Å². The molecule has 0 aromatic heterocycles. The molecule has 1 rings (SSSR count). The molecule has 0 aliphatic carbocycles. The van der Waals surface area contributed by atoms with Gasteiger partial charge in [0.25, 0.3) is 0 Å². The van der Waals surface area contributed by atoms with Gasteiger partial charge in [-0.3, -0.25) is 0 Å². The number of hydrogen-bond acceptors (Lipinski definition) is 7. The predicted molar refractivity (Wildman–Crippen MR) is 79.1 cm³/mol. The summed E-state index contributed by atoms with van der Waals surface area (Å²) in [6, 6.07) is 0. The van der Waals surface area contributed by atoms with Crippen LogP contribution >= 0.6 is 23.5 Å². The summed E-state index contributed by atoms with van der Waals surface area (Å²) in [5, 5.41) is 19.3. The molecular formula is C12H24O5S2. The molecular weight excluding hydrogens is 288 g/mol. The van der Waals surface area contributed by atoms with E-state index in [1.54, 1.807) is 23.5 Å². The Labute approximate surface area is 123 Å². The molecule has 0 spiro atoms. The van der Waals surface area contributed by atoms with Crippen LogP contribution in [0.2, 0.25) is 0 Å². The summed E-state index contributed by atoms with van der Waals surface area (Å²) in [6.45, 7) is 2.70. The maximum atomic E-state index is 9.65. The van der Waals surface area contributed by atoms with Crippen molar-refractivity contribution in [3.63, 3.8) is 0 Å². The van der Waals surface area contributed by atoms with Crippen molar-refractivity contribution >= 4 is 23.5 Å². The normalized spacial score (nSPS) is 30.6. The predicted octanol–water partition coefficient (Wildman–Crippen LogP) is 0.238. The Morgan fingerprint density at radius 1 is 0.684 bits per heavy atom. The zero-order valence-corrected chi connectivity index (χ0v) is 12.8. The fourth-order valence-corrected chi connectivity index (χ4v) is 3.44. The second-order valence-corrected chi connectivity index (χ2v) is 6.52. The molecule has 0 aromatic carbocycles. The molecule has 0 amide bonds. The first-order valence-electron chi connectivity index (χ1n) is 6.54. The Morgan fingerprint density at radius 2 is 1.11 bits per heavy atom. The standard InChI is InChI=1S/C12H24O5S2/c13-11-7-16-3-1-15-2-4-17-8-12(14)10-19-6-5-18-9-11/h11-14H,1-10H2. The minimum atomic E-state index is -0.417. The van der Waals surface area contributed by atoms with Crippen LogP contribution in [0.25, 0.3) is 0 Å². The molecule has 1 fully saturated rings. The molecule has 7 heteroatoms. The summed E-state index contributed by atoms with van der Waals surface area (Å²) >= 11 is 3.42. The quantitative estimate of drug-likeness (QED) is 0.664. The van der Waals surface area contributed by atoms with Gasteiger partial charge in [-0.15, -0.1) is 0 Å². The van der Waals surface area contributed by atoms with Crippen molar-refractivity contribution < 1.29 is 24.4 Å². The van der Waals surface area contributed by atoms with Crippen LogP contribution in [-0.4, -0.2) is 85.1 Å². The molecule has 2 N–H and O–H groups in total. The van der Waals surface area contributed by atoms with E-state index < -0.39 is 12.2 Å². The highest BCUT2D eigenvalue weighted by Crippen LogP contribution is 2.10. The first-order chi connectivity index (χ1) is 9.29. The molecule has 0 saturated carbocycles. The summed E-state index contributed by atoms with van der Waals surface area (Å²) in [7, 11) is 0. The van der Waals surface area contributed by atoms with Crippen LogP contribution < -0.4 is 0 Å². The van der Waals surface area contributed by atoms with Crippen LogP contribution in [0.5, 0.6) is 0 Å². The summed E-state index contributed by atoms with van der Waals surface area (Å²) in [4.78, 5) is 0. The van der Waals surface area contributed by atoms with Gasteiger partial charge < -0.3 is 24.4 Å². The number of rotatable bonds is 0. The second-order valence-electron chi connectivity index (χ2n) is 4.22. The van der Waals surface area contributed by atoms with Gasteiger partial charge in [-0.25, -0.2) is 0 Å². The van der Waals surface area contributed by atoms with Gasteiger partial charge >= 0.3 is 0 Å². The van der Waals surface area contributed by atoms with E-state index in [0.717, 1.165) is 11.5 Å². The summed E-state index contributed by atoms with van der Waals surface area (Å²) in [6.07, 6.45) is -0.834. The largest absolute Gasteiger partial charge is 0.390 e. The number of aliphatic hydroxyl groups is 2. The molecule has 1 aliphatic heterocycles. The van der Waals surface area contributed by atoms with Crippen molar-refractivity contribution in [2.24, 2.45) is 0 Å². The molecule has 5 nitrogen and oxygen atoms in total. The first-order valence-corrected chi connectivity index (χ1v) is 8.85. The zero-order chi connectivity index (χ0) is 13.8. The van der Waals surface area contributed by atoms with Gasteiger partial charge in [-0.05, 0) is 0 Å². The molecule has 2 atom stereocenters. The van der Waals surface area contributed by atoms with Crippen LogP contribution in [0.4, 0.5) is 0 Å². The molecule has 0 bridgehead atoms. The highest BCUT2D eigenvalue weighted by molar-refractivity contribution is 8.02. The topological polar surface area (TPSA) is 68.2 Å². The highest BCUT2D eigenvalue weighted by Gasteiger charge is 2.07. The van der Waals surface area contributed by atoms with Gasteiger partial charge in [-0.1, -0.05) is 0 Å². The lowest BCUT2D eigenvalue weighted by Gasteiger charge is -2.11. The lowest BCUT2D eigenvalue weighted by atomic mass is 10.4. The zero-order valence-electron chi connectivity index (χ0n) is 11.2. The molecule has 0 radical (unpaired) electrons. The van der Waals surface area contributed by atoms with Gasteiger partial charge in [0.2, 0.25) is 0 Å². The van der Waals surface area contributed by atoms with Crippen molar-refractivity contribution in [3.8, 4) is 0 Å². The van der Waals surface area contributed by atoms with Crippen molar-refractivity contribution in [1.29, 1.82) is 0 Å². The maximum Gasteiger partial charge on any atom is 0.0863 e. The van der Waals surface area contributed by atoms with Crippen LogP contribution in [0, 0.1) is 0 Å². The summed E-state index contributed by atoms with van der Waals surface area (Å²) in [5.41, 5.74) is 0. The van der Waals surface area contributed by atoms with E-state index in [-0.39, 0.29) is 0 Å². The number of hydrogen-bond donors (Lipinski definition) is 2. The van der Waals surface area contributed by atoms with Crippen LogP contribution in [0.15, 0.2) is 0 Å². The Balaban J connectivity index is 2.17. The lowest BCUT2D eigenvalue weighted by molar-refractivity contribution is -0.0158. The smallest absolute Gasteiger partial charge is 0.0863 e. The highest BCUT2D eigenvalue weighted by atomic mass is 32.2. The van der Waals surface area contributed by atoms with E-state index in [1.165, 1.54) is 0 Å². The van der Waals surface area contributed by atoms with Gasteiger partial charge in [0.15, 0.2) is 0 Å². The second kappa shape index (κ2) is 12.3. The van der Waals surface area contributed by atoms with Crippen molar-refractivity contribution in [3.05, 3.63) is 0 Å². The molecule has 1 heterocycles. The summed E-state index contributed by atoms with van der Waals surface area (Å²) in [5.74, 6) is 3.32. The van der Waals surface area contributed by atoms with Gasteiger partial charge in [0, 0.05) is 23.0 Å².